The molecule has 0 saturated carbocycles. The van der Waals surface area contributed by atoms with Gasteiger partial charge in [0.05, 0.1) is 12.1 Å². The molecule has 2 aromatic carbocycles. The van der Waals surface area contributed by atoms with Crippen LogP contribution in [-0.4, -0.2) is 49.8 Å². The van der Waals surface area contributed by atoms with Crippen molar-refractivity contribution in [3.8, 4) is 5.75 Å². The Hall–Kier alpha value is -2.37. The Morgan fingerprint density at radius 2 is 1.83 bits per heavy atom. The highest BCUT2D eigenvalue weighted by atomic mass is 16.5. The largest absolute Gasteiger partial charge is 0.491 e. The average molecular weight is 395 g/mol. The lowest BCUT2D eigenvalue weighted by Crippen LogP contribution is -2.37. The zero-order chi connectivity index (χ0) is 19.9. The zero-order valence-corrected chi connectivity index (χ0v) is 16.9. The van der Waals surface area contributed by atoms with E-state index in [1.54, 1.807) is 0 Å². The van der Waals surface area contributed by atoms with E-state index in [1.807, 2.05) is 42.5 Å². The molecule has 0 spiro atoms. The molecular formula is C24H30N2O3. The maximum Gasteiger partial charge on any atom is 0.251 e. The molecule has 0 aromatic heterocycles. The van der Waals surface area contributed by atoms with Crippen molar-refractivity contribution in [2.24, 2.45) is 0 Å². The van der Waals surface area contributed by atoms with Crippen LogP contribution in [-0.2, 0) is 4.74 Å². The van der Waals surface area contributed by atoms with Crippen molar-refractivity contribution in [3.63, 3.8) is 0 Å². The summed E-state index contributed by atoms with van der Waals surface area (Å²) in [6.07, 6.45) is 4.83. The van der Waals surface area contributed by atoms with Gasteiger partial charge in [0.1, 0.15) is 12.4 Å². The number of nitrogens with one attached hydrogen (secondary N) is 1. The smallest absolute Gasteiger partial charge is 0.251 e. The van der Waals surface area contributed by atoms with E-state index in [2.05, 4.69) is 22.3 Å². The van der Waals surface area contributed by atoms with E-state index in [0.29, 0.717) is 12.2 Å². The Labute approximate surface area is 173 Å². The summed E-state index contributed by atoms with van der Waals surface area (Å²) in [5, 5.41) is 3.23. The van der Waals surface area contributed by atoms with Crippen molar-refractivity contribution in [1.29, 1.82) is 0 Å². The number of amides is 1. The molecule has 2 unspecified atom stereocenters. The molecule has 2 atom stereocenters. The number of likely N-dealkylation sites (tertiary alicyclic amines) is 1. The van der Waals surface area contributed by atoms with Crippen molar-refractivity contribution in [3.05, 3.63) is 65.7 Å². The first-order valence-electron chi connectivity index (χ1n) is 10.7. The van der Waals surface area contributed by atoms with Gasteiger partial charge in [0.25, 0.3) is 5.91 Å². The molecule has 2 aliphatic rings. The molecule has 2 saturated heterocycles. The monoisotopic (exact) mass is 394 g/mol. The molecule has 2 aromatic rings. The molecule has 154 valence electrons. The highest BCUT2D eigenvalue weighted by Gasteiger charge is 2.21. The summed E-state index contributed by atoms with van der Waals surface area (Å²) in [6.45, 7) is 4.45. The SMILES string of the molecule is O=C(NC(CN1CCCC1)c1ccccc1)c1ccc(OCC2CCCO2)cc1. The first-order valence-corrected chi connectivity index (χ1v) is 10.7. The van der Waals surface area contributed by atoms with Crippen LogP contribution in [0.15, 0.2) is 54.6 Å². The summed E-state index contributed by atoms with van der Waals surface area (Å²) in [5.74, 6) is 0.720. The Bertz CT molecular complexity index is 766. The first kappa shape index (κ1) is 19.9. The van der Waals surface area contributed by atoms with E-state index >= 15 is 0 Å². The number of carbonyl (C=O) groups is 1. The summed E-state index contributed by atoms with van der Waals surface area (Å²) in [5.41, 5.74) is 1.79. The topological polar surface area (TPSA) is 50.8 Å². The van der Waals surface area contributed by atoms with Crippen molar-refractivity contribution in [1.82, 2.24) is 10.2 Å². The summed E-state index contributed by atoms with van der Waals surface area (Å²) < 4.78 is 11.4. The predicted molar refractivity (Wildman–Crippen MR) is 113 cm³/mol. The molecule has 5 heteroatoms. The van der Waals surface area contributed by atoms with Crippen LogP contribution in [0.3, 0.4) is 0 Å². The average Bonchev–Trinajstić information content (AvgIpc) is 3.47. The lowest BCUT2D eigenvalue weighted by Gasteiger charge is -2.25. The van der Waals surface area contributed by atoms with Gasteiger partial charge in [-0.3, -0.25) is 4.79 Å². The Morgan fingerprint density at radius 1 is 1.07 bits per heavy atom. The molecular weight excluding hydrogens is 364 g/mol. The number of hydrogen-bond acceptors (Lipinski definition) is 4. The van der Waals surface area contributed by atoms with Gasteiger partial charge in [0.15, 0.2) is 0 Å². The normalized spacial score (nSPS) is 20.5. The van der Waals surface area contributed by atoms with Crippen molar-refractivity contribution in [2.45, 2.75) is 37.8 Å². The maximum atomic E-state index is 12.9. The molecule has 1 N–H and O–H groups in total. The van der Waals surface area contributed by atoms with Gasteiger partial charge in [-0.25, -0.2) is 0 Å². The molecule has 2 fully saturated rings. The predicted octanol–water partition coefficient (Wildman–Crippen LogP) is 3.81. The number of hydrogen-bond donors (Lipinski definition) is 1. The van der Waals surface area contributed by atoms with E-state index in [1.165, 1.54) is 12.8 Å². The number of nitrogens with zero attached hydrogens (tertiary/aromatic N) is 1. The standard InChI is InChI=1S/C24H30N2O3/c27-24(20-10-12-21(13-11-20)29-18-22-9-6-16-28-22)25-23(17-26-14-4-5-15-26)19-7-2-1-3-8-19/h1-3,7-8,10-13,22-23H,4-6,9,14-18H2,(H,25,27). The summed E-state index contributed by atoms with van der Waals surface area (Å²) in [4.78, 5) is 15.3. The second-order valence-corrected chi connectivity index (χ2v) is 7.91. The van der Waals surface area contributed by atoms with Crippen LogP contribution in [0, 0.1) is 0 Å². The van der Waals surface area contributed by atoms with Gasteiger partial charge >= 0.3 is 0 Å². The van der Waals surface area contributed by atoms with Gasteiger partial charge in [-0.1, -0.05) is 30.3 Å². The fourth-order valence-corrected chi connectivity index (χ4v) is 4.05. The van der Waals surface area contributed by atoms with Crippen LogP contribution in [0.5, 0.6) is 5.75 Å². The fourth-order valence-electron chi connectivity index (χ4n) is 4.05. The highest BCUT2D eigenvalue weighted by Crippen LogP contribution is 2.20. The molecule has 5 nitrogen and oxygen atoms in total. The number of carbonyl (C=O) groups excluding carboxylic acids is 1. The molecule has 0 aliphatic carbocycles. The third-order valence-electron chi connectivity index (χ3n) is 5.72. The molecule has 1 amide bonds. The van der Waals surface area contributed by atoms with Crippen LogP contribution in [0.2, 0.25) is 0 Å². The Balaban J connectivity index is 1.37. The van der Waals surface area contributed by atoms with Gasteiger partial charge < -0.3 is 19.7 Å². The fraction of sp³-hybridized carbons (Fsp3) is 0.458. The summed E-state index contributed by atoms with van der Waals surface area (Å²) in [6, 6.07) is 17.6. The maximum absolute atomic E-state index is 12.9. The number of ether oxygens (including phenoxy) is 2. The van der Waals surface area contributed by atoms with Gasteiger partial charge in [-0.2, -0.15) is 0 Å². The molecule has 29 heavy (non-hydrogen) atoms. The van der Waals surface area contributed by atoms with Gasteiger partial charge in [-0.15, -0.1) is 0 Å². The lowest BCUT2D eigenvalue weighted by atomic mass is 10.1. The summed E-state index contributed by atoms with van der Waals surface area (Å²) in [7, 11) is 0. The summed E-state index contributed by atoms with van der Waals surface area (Å²) >= 11 is 0. The molecule has 0 bridgehead atoms. The van der Waals surface area contributed by atoms with Crippen LogP contribution in [0.25, 0.3) is 0 Å². The highest BCUT2D eigenvalue weighted by molar-refractivity contribution is 5.94. The van der Waals surface area contributed by atoms with Crippen molar-refractivity contribution < 1.29 is 14.3 Å². The quantitative estimate of drug-likeness (QED) is 0.740. The Morgan fingerprint density at radius 3 is 2.52 bits per heavy atom. The van der Waals surface area contributed by atoms with Crippen molar-refractivity contribution >= 4 is 5.91 Å². The van der Waals surface area contributed by atoms with Crippen LogP contribution < -0.4 is 10.1 Å². The lowest BCUT2D eigenvalue weighted by molar-refractivity contribution is 0.0679. The van der Waals surface area contributed by atoms with Crippen molar-refractivity contribution in [2.75, 3.05) is 32.8 Å². The molecule has 2 heterocycles. The molecule has 0 radical (unpaired) electrons. The van der Waals surface area contributed by atoms with Gasteiger partial charge in [0, 0.05) is 18.7 Å². The second-order valence-electron chi connectivity index (χ2n) is 7.91. The minimum Gasteiger partial charge on any atom is -0.491 e. The number of rotatable bonds is 8. The zero-order valence-electron chi connectivity index (χ0n) is 16.9. The molecule has 4 rings (SSSR count). The van der Waals surface area contributed by atoms with Gasteiger partial charge in [0.2, 0.25) is 0 Å². The Kier molecular flexibility index (Phi) is 6.80. The minimum atomic E-state index is -0.0521. The second kappa shape index (κ2) is 9.90. The first-order chi connectivity index (χ1) is 14.3. The molecule has 2 aliphatic heterocycles. The minimum absolute atomic E-state index is 0.0164. The van der Waals surface area contributed by atoms with E-state index < -0.39 is 0 Å². The van der Waals surface area contributed by atoms with E-state index in [4.69, 9.17) is 9.47 Å². The van der Waals surface area contributed by atoms with E-state index in [0.717, 1.165) is 50.4 Å². The van der Waals surface area contributed by atoms with E-state index in [-0.39, 0.29) is 18.1 Å². The van der Waals surface area contributed by atoms with Crippen LogP contribution in [0.4, 0.5) is 0 Å². The van der Waals surface area contributed by atoms with Crippen LogP contribution in [0.1, 0.15) is 47.6 Å². The van der Waals surface area contributed by atoms with Crippen LogP contribution >= 0.6 is 0 Å². The third kappa shape index (κ3) is 5.58. The van der Waals surface area contributed by atoms with Gasteiger partial charge in [-0.05, 0) is 68.6 Å². The van der Waals surface area contributed by atoms with E-state index in [9.17, 15) is 4.79 Å². The third-order valence-corrected chi connectivity index (χ3v) is 5.72. The number of benzene rings is 2.